The van der Waals surface area contributed by atoms with Crippen LogP contribution in [0.1, 0.15) is 5.56 Å². The van der Waals surface area contributed by atoms with Crippen LogP contribution in [-0.2, 0) is 13.5 Å². The zero-order valence-corrected chi connectivity index (χ0v) is 12.8. The third-order valence-corrected chi connectivity index (χ3v) is 3.76. The molecular weight excluding hydrogens is 293 g/mol. The maximum absolute atomic E-state index is 12.8. The predicted molar refractivity (Wildman–Crippen MR) is 90.0 cm³/mol. The number of carbonyl (C=O) groups is 1. The minimum absolute atomic E-state index is 0.247. The Morgan fingerprint density at radius 1 is 1.13 bits per heavy atom. The number of fused-ring (bicyclic) bond motifs is 1. The first kappa shape index (κ1) is 15.1. The first-order chi connectivity index (χ1) is 11.1. The van der Waals surface area contributed by atoms with E-state index in [-0.39, 0.29) is 11.8 Å². The second kappa shape index (κ2) is 6.52. The Labute approximate surface area is 133 Å². The lowest BCUT2D eigenvalue weighted by molar-refractivity contribution is 0.252. The van der Waals surface area contributed by atoms with E-state index in [0.717, 1.165) is 22.2 Å². The fourth-order valence-electron chi connectivity index (χ4n) is 2.58. The number of aryl methyl sites for hydroxylation is 1. The molecule has 0 radical (unpaired) electrons. The van der Waals surface area contributed by atoms with E-state index >= 15 is 0 Å². The van der Waals surface area contributed by atoms with Gasteiger partial charge < -0.3 is 15.2 Å². The SMILES string of the molecule is Cn1cc(NC(=O)NCCc2ccc(F)cc2)c2ccccc21. The Bertz CT molecular complexity index is 824. The molecular formula is C18H18FN3O. The molecule has 3 rings (SSSR count). The number of hydrogen-bond donors (Lipinski definition) is 2. The second-order valence-corrected chi connectivity index (χ2v) is 5.43. The lowest BCUT2D eigenvalue weighted by Gasteiger charge is -2.07. The molecule has 2 N–H and O–H groups in total. The summed E-state index contributed by atoms with van der Waals surface area (Å²) in [6.45, 7) is 0.488. The van der Waals surface area contributed by atoms with E-state index in [9.17, 15) is 9.18 Å². The van der Waals surface area contributed by atoms with Gasteiger partial charge in [0.15, 0.2) is 0 Å². The quantitative estimate of drug-likeness (QED) is 0.758. The molecule has 2 amide bonds. The summed E-state index contributed by atoms with van der Waals surface area (Å²) in [5.41, 5.74) is 2.83. The molecule has 5 heteroatoms. The van der Waals surface area contributed by atoms with Gasteiger partial charge in [-0.15, -0.1) is 0 Å². The molecule has 0 bridgehead atoms. The third-order valence-electron chi connectivity index (χ3n) is 3.76. The number of halogens is 1. The van der Waals surface area contributed by atoms with Crippen LogP contribution in [0.3, 0.4) is 0 Å². The van der Waals surface area contributed by atoms with Crippen LogP contribution in [0.2, 0.25) is 0 Å². The van der Waals surface area contributed by atoms with Gasteiger partial charge in [0.2, 0.25) is 0 Å². The van der Waals surface area contributed by atoms with Crippen molar-refractivity contribution in [2.45, 2.75) is 6.42 Å². The third kappa shape index (κ3) is 3.51. The number of urea groups is 1. The highest BCUT2D eigenvalue weighted by Crippen LogP contribution is 2.24. The number of nitrogens with one attached hydrogen (secondary N) is 2. The van der Waals surface area contributed by atoms with Gasteiger partial charge in [0.1, 0.15) is 5.82 Å². The molecule has 0 fully saturated rings. The van der Waals surface area contributed by atoms with E-state index in [1.807, 2.05) is 42.1 Å². The lowest BCUT2D eigenvalue weighted by atomic mass is 10.1. The van der Waals surface area contributed by atoms with E-state index in [1.54, 1.807) is 12.1 Å². The number of aromatic nitrogens is 1. The molecule has 23 heavy (non-hydrogen) atoms. The summed E-state index contributed by atoms with van der Waals surface area (Å²) in [7, 11) is 1.94. The molecule has 0 aliphatic heterocycles. The number of nitrogens with zero attached hydrogens (tertiary/aromatic N) is 1. The van der Waals surface area contributed by atoms with Gasteiger partial charge in [-0.2, -0.15) is 0 Å². The molecule has 118 valence electrons. The van der Waals surface area contributed by atoms with Crippen molar-refractivity contribution >= 4 is 22.6 Å². The molecule has 0 unspecified atom stereocenters. The number of carbonyl (C=O) groups excluding carboxylic acids is 1. The number of anilines is 1. The molecule has 0 saturated heterocycles. The molecule has 4 nitrogen and oxygen atoms in total. The summed E-state index contributed by atoms with van der Waals surface area (Å²) in [6, 6.07) is 13.9. The van der Waals surface area contributed by atoms with Crippen LogP contribution in [-0.4, -0.2) is 17.1 Å². The van der Waals surface area contributed by atoms with E-state index < -0.39 is 0 Å². The van der Waals surface area contributed by atoms with Crippen molar-refractivity contribution in [1.29, 1.82) is 0 Å². The average molecular weight is 311 g/mol. The topological polar surface area (TPSA) is 46.1 Å². The van der Waals surface area contributed by atoms with Crippen LogP contribution in [0.25, 0.3) is 10.9 Å². The Kier molecular flexibility index (Phi) is 4.28. The Balaban J connectivity index is 1.57. The highest BCUT2D eigenvalue weighted by Gasteiger charge is 2.08. The molecule has 3 aromatic rings. The Morgan fingerprint density at radius 2 is 1.87 bits per heavy atom. The fourth-order valence-corrected chi connectivity index (χ4v) is 2.58. The molecule has 0 spiro atoms. The normalized spacial score (nSPS) is 10.7. The van der Waals surface area contributed by atoms with Crippen molar-refractivity contribution in [3.8, 4) is 0 Å². The zero-order chi connectivity index (χ0) is 16.2. The van der Waals surface area contributed by atoms with Crippen LogP contribution in [0.15, 0.2) is 54.7 Å². The number of para-hydroxylation sites is 1. The Hall–Kier alpha value is -2.82. The number of rotatable bonds is 4. The van der Waals surface area contributed by atoms with Crippen molar-refractivity contribution < 1.29 is 9.18 Å². The maximum atomic E-state index is 12.8. The fraction of sp³-hybridized carbons (Fsp3) is 0.167. The van der Waals surface area contributed by atoms with Gasteiger partial charge in [0.25, 0.3) is 0 Å². The summed E-state index contributed by atoms with van der Waals surface area (Å²) < 4.78 is 14.8. The van der Waals surface area contributed by atoms with E-state index in [0.29, 0.717) is 13.0 Å². The minimum Gasteiger partial charge on any atom is -0.348 e. The van der Waals surface area contributed by atoms with Gasteiger partial charge in [0, 0.05) is 30.7 Å². The van der Waals surface area contributed by atoms with Gasteiger partial charge in [-0.25, -0.2) is 9.18 Å². The van der Waals surface area contributed by atoms with Crippen molar-refractivity contribution in [1.82, 2.24) is 9.88 Å². The van der Waals surface area contributed by atoms with Gasteiger partial charge in [-0.05, 0) is 30.2 Å². The highest BCUT2D eigenvalue weighted by atomic mass is 19.1. The summed E-state index contributed by atoms with van der Waals surface area (Å²) in [4.78, 5) is 12.0. The molecule has 0 saturated carbocycles. The number of benzene rings is 2. The molecule has 0 aliphatic rings. The summed E-state index contributed by atoms with van der Waals surface area (Å²) in [6.07, 6.45) is 2.55. The lowest BCUT2D eigenvalue weighted by Crippen LogP contribution is -2.30. The molecule has 0 aliphatic carbocycles. The number of amides is 2. The van der Waals surface area contributed by atoms with Crippen LogP contribution < -0.4 is 10.6 Å². The van der Waals surface area contributed by atoms with E-state index in [1.165, 1.54) is 12.1 Å². The number of hydrogen-bond acceptors (Lipinski definition) is 1. The maximum Gasteiger partial charge on any atom is 0.319 e. The monoisotopic (exact) mass is 311 g/mol. The van der Waals surface area contributed by atoms with Gasteiger partial charge in [-0.1, -0.05) is 30.3 Å². The van der Waals surface area contributed by atoms with Crippen LogP contribution in [0, 0.1) is 5.82 Å². The van der Waals surface area contributed by atoms with E-state index in [2.05, 4.69) is 10.6 Å². The van der Waals surface area contributed by atoms with Gasteiger partial charge in [0.05, 0.1) is 5.69 Å². The average Bonchev–Trinajstić information content (AvgIpc) is 2.86. The summed E-state index contributed by atoms with van der Waals surface area (Å²) in [5, 5.41) is 6.69. The van der Waals surface area contributed by atoms with Crippen molar-refractivity contribution in [3.05, 3.63) is 66.1 Å². The van der Waals surface area contributed by atoms with E-state index in [4.69, 9.17) is 0 Å². The van der Waals surface area contributed by atoms with Gasteiger partial charge >= 0.3 is 6.03 Å². The summed E-state index contributed by atoms with van der Waals surface area (Å²) >= 11 is 0. The van der Waals surface area contributed by atoms with Crippen LogP contribution in [0.5, 0.6) is 0 Å². The standard InChI is InChI=1S/C18H18FN3O/c1-22-12-16(15-4-2-3-5-17(15)22)21-18(23)20-11-10-13-6-8-14(19)9-7-13/h2-9,12H,10-11H2,1H3,(H2,20,21,23). The first-order valence-corrected chi connectivity index (χ1v) is 7.47. The molecule has 1 heterocycles. The Morgan fingerprint density at radius 3 is 2.65 bits per heavy atom. The zero-order valence-electron chi connectivity index (χ0n) is 12.8. The van der Waals surface area contributed by atoms with Crippen molar-refractivity contribution in [2.75, 3.05) is 11.9 Å². The minimum atomic E-state index is -0.254. The summed E-state index contributed by atoms with van der Waals surface area (Å²) in [5.74, 6) is -0.254. The van der Waals surface area contributed by atoms with Crippen LogP contribution in [0.4, 0.5) is 14.9 Å². The van der Waals surface area contributed by atoms with Crippen molar-refractivity contribution in [3.63, 3.8) is 0 Å². The van der Waals surface area contributed by atoms with Gasteiger partial charge in [-0.3, -0.25) is 0 Å². The highest BCUT2D eigenvalue weighted by molar-refractivity contribution is 6.01. The van der Waals surface area contributed by atoms with Crippen molar-refractivity contribution in [2.24, 2.45) is 7.05 Å². The van der Waals surface area contributed by atoms with Crippen LogP contribution >= 0.6 is 0 Å². The predicted octanol–water partition coefficient (Wildman–Crippen LogP) is 3.68. The molecule has 2 aromatic carbocycles. The molecule has 0 atom stereocenters. The smallest absolute Gasteiger partial charge is 0.319 e. The molecule has 1 aromatic heterocycles. The largest absolute Gasteiger partial charge is 0.348 e. The second-order valence-electron chi connectivity index (χ2n) is 5.43. The first-order valence-electron chi connectivity index (χ1n) is 7.47.